The molecule has 0 amide bonds. The highest BCUT2D eigenvalue weighted by Gasteiger charge is 2.17. The van der Waals surface area contributed by atoms with Gasteiger partial charge in [-0.05, 0) is 32.6 Å². The van der Waals surface area contributed by atoms with Crippen molar-refractivity contribution < 1.29 is 4.52 Å². The normalized spacial score (nSPS) is 15.5. The maximum absolute atomic E-state index is 5.53. The fourth-order valence-electron chi connectivity index (χ4n) is 3.64. The lowest BCUT2D eigenvalue weighted by Crippen LogP contribution is -2.42. The summed E-state index contributed by atoms with van der Waals surface area (Å²) >= 11 is 0. The molecule has 154 valence electrons. The predicted molar refractivity (Wildman–Crippen MR) is 109 cm³/mol. The lowest BCUT2D eigenvalue weighted by Gasteiger charge is -2.16. The van der Waals surface area contributed by atoms with Gasteiger partial charge in [-0.15, -0.1) is 10.2 Å². The zero-order chi connectivity index (χ0) is 19.9. The number of aromatic nitrogens is 4. The smallest absolute Gasteiger partial charge is 0.192 e. The lowest BCUT2D eigenvalue weighted by atomic mass is 9.99. The summed E-state index contributed by atoms with van der Waals surface area (Å²) in [4.78, 5) is 4.73. The summed E-state index contributed by atoms with van der Waals surface area (Å²) in [6, 6.07) is 2.53. The number of aryl methyl sites for hydroxylation is 1. The Morgan fingerprint density at radius 2 is 2.04 bits per heavy atom. The van der Waals surface area contributed by atoms with Gasteiger partial charge in [0, 0.05) is 25.1 Å². The number of hydrogen-bond donors (Lipinski definition) is 2. The van der Waals surface area contributed by atoms with Gasteiger partial charge in [0.15, 0.2) is 17.5 Å². The van der Waals surface area contributed by atoms with E-state index in [0.29, 0.717) is 25.0 Å². The summed E-state index contributed by atoms with van der Waals surface area (Å²) in [5.74, 6) is 3.81. The van der Waals surface area contributed by atoms with Gasteiger partial charge in [0.05, 0.1) is 12.2 Å². The predicted octanol–water partition coefficient (Wildman–Crippen LogP) is 3.19. The molecule has 2 N–H and O–H groups in total. The maximum Gasteiger partial charge on any atom is 0.192 e. The average molecular weight is 388 g/mol. The average Bonchev–Trinajstić information content (AvgIpc) is 3.43. The molecule has 0 radical (unpaired) electrons. The van der Waals surface area contributed by atoms with Crippen molar-refractivity contribution in [1.82, 2.24) is 30.6 Å². The highest BCUT2D eigenvalue weighted by Crippen LogP contribution is 2.22. The zero-order valence-electron chi connectivity index (χ0n) is 17.5. The van der Waals surface area contributed by atoms with Crippen LogP contribution in [0.2, 0.25) is 0 Å². The third-order valence-corrected chi connectivity index (χ3v) is 5.67. The summed E-state index contributed by atoms with van der Waals surface area (Å²) in [5.41, 5.74) is 1.04. The van der Waals surface area contributed by atoms with E-state index in [1.165, 1.54) is 25.7 Å². The lowest BCUT2D eigenvalue weighted by molar-refractivity contribution is 0.367. The van der Waals surface area contributed by atoms with Crippen LogP contribution in [-0.4, -0.2) is 31.9 Å². The van der Waals surface area contributed by atoms with Crippen molar-refractivity contribution in [3.8, 4) is 0 Å². The fourth-order valence-corrected chi connectivity index (χ4v) is 3.64. The molecule has 0 unspecified atom stereocenters. The van der Waals surface area contributed by atoms with Gasteiger partial charge in [0.1, 0.15) is 12.4 Å². The number of nitrogens with one attached hydrogen (secondary N) is 2. The SMILES string of the molecule is CCC(CC)c1cc(CNC(=NCc2nnc(C)n2C)NC2CCCC2)on1. The van der Waals surface area contributed by atoms with Gasteiger partial charge in [-0.2, -0.15) is 0 Å². The minimum Gasteiger partial charge on any atom is -0.359 e. The number of hydrogen-bond acceptors (Lipinski definition) is 5. The quantitative estimate of drug-likeness (QED) is 0.534. The molecule has 1 aliphatic carbocycles. The van der Waals surface area contributed by atoms with Crippen LogP contribution in [0.15, 0.2) is 15.6 Å². The molecule has 0 saturated heterocycles. The molecule has 2 heterocycles. The maximum atomic E-state index is 5.53. The minimum absolute atomic E-state index is 0.460. The van der Waals surface area contributed by atoms with Crippen molar-refractivity contribution in [3.63, 3.8) is 0 Å². The van der Waals surface area contributed by atoms with E-state index in [2.05, 4.69) is 45.9 Å². The first-order valence-corrected chi connectivity index (χ1v) is 10.5. The monoisotopic (exact) mass is 387 g/mol. The summed E-state index contributed by atoms with van der Waals surface area (Å²) in [6.45, 7) is 7.35. The molecule has 8 nitrogen and oxygen atoms in total. The van der Waals surface area contributed by atoms with Gasteiger partial charge in [0.2, 0.25) is 0 Å². The molecule has 1 fully saturated rings. The highest BCUT2D eigenvalue weighted by molar-refractivity contribution is 5.80. The summed E-state index contributed by atoms with van der Waals surface area (Å²) in [6.07, 6.45) is 7.06. The highest BCUT2D eigenvalue weighted by atomic mass is 16.5. The molecule has 0 aliphatic heterocycles. The van der Waals surface area contributed by atoms with Crippen LogP contribution >= 0.6 is 0 Å². The van der Waals surface area contributed by atoms with Crippen LogP contribution in [0.4, 0.5) is 0 Å². The van der Waals surface area contributed by atoms with Crippen LogP contribution < -0.4 is 10.6 Å². The molecular formula is C20H33N7O. The number of rotatable bonds is 8. The third-order valence-electron chi connectivity index (χ3n) is 5.67. The second kappa shape index (κ2) is 9.71. The van der Waals surface area contributed by atoms with E-state index in [-0.39, 0.29) is 0 Å². The number of aliphatic imine (C=N–C) groups is 1. The Hall–Kier alpha value is -2.38. The van der Waals surface area contributed by atoms with Gasteiger partial charge in [-0.3, -0.25) is 0 Å². The Morgan fingerprint density at radius 1 is 1.29 bits per heavy atom. The molecule has 2 aromatic rings. The Labute approximate surface area is 167 Å². The molecule has 0 spiro atoms. The molecule has 0 atom stereocenters. The van der Waals surface area contributed by atoms with Crippen LogP contribution in [-0.2, 0) is 20.1 Å². The molecule has 0 aromatic carbocycles. The van der Waals surface area contributed by atoms with E-state index in [9.17, 15) is 0 Å². The molecule has 0 bridgehead atoms. The van der Waals surface area contributed by atoms with E-state index < -0.39 is 0 Å². The van der Waals surface area contributed by atoms with Gasteiger partial charge in [0.25, 0.3) is 0 Å². The van der Waals surface area contributed by atoms with E-state index >= 15 is 0 Å². The van der Waals surface area contributed by atoms with Crippen molar-refractivity contribution in [3.05, 3.63) is 29.2 Å². The van der Waals surface area contributed by atoms with Crippen LogP contribution in [0.25, 0.3) is 0 Å². The Bertz CT molecular complexity index is 769. The molecule has 3 rings (SSSR count). The number of guanidine groups is 1. The van der Waals surface area contributed by atoms with Crippen LogP contribution in [0, 0.1) is 6.92 Å². The molecule has 8 heteroatoms. The van der Waals surface area contributed by atoms with Crippen molar-refractivity contribution in [2.45, 2.75) is 84.3 Å². The van der Waals surface area contributed by atoms with Crippen molar-refractivity contribution in [2.24, 2.45) is 12.0 Å². The second-order valence-electron chi connectivity index (χ2n) is 7.60. The molecule has 2 aromatic heterocycles. The Balaban J connectivity index is 1.64. The van der Waals surface area contributed by atoms with E-state index in [4.69, 9.17) is 9.52 Å². The standard InChI is InChI=1S/C20H33N7O/c1-5-15(6-2)18-11-17(28-26-18)12-21-20(23-16-9-7-8-10-16)22-13-19-25-24-14(3)27(19)4/h11,15-16H,5-10,12-13H2,1-4H3,(H2,21,22,23). The number of nitrogens with zero attached hydrogens (tertiary/aromatic N) is 5. The van der Waals surface area contributed by atoms with E-state index in [0.717, 1.165) is 41.9 Å². The summed E-state index contributed by atoms with van der Waals surface area (Å²) < 4.78 is 7.50. The summed E-state index contributed by atoms with van der Waals surface area (Å²) in [5, 5.41) is 19.5. The van der Waals surface area contributed by atoms with Gasteiger partial charge >= 0.3 is 0 Å². The second-order valence-corrected chi connectivity index (χ2v) is 7.60. The molecule has 1 saturated carbocycles. The van der Waals surface area contributed by atoms with Crippen LogP contribution in [0.3, 0.4) is 0 Å². The van der Waals surface area contributed by atoms with Gasteiger partial charge in [-0.25, -0.2) is 4.99 Å². The Morgan fingerprint density at radius 3 is 2.68 bits per heavy atom. The molecular weight excluding hydrogens is 354 g/mol. The van der Waals surface area contributed by atoms with Crippen LogP contribution in [0.1, 0.15) is 81.4 Å². The molecule has 1 aliphatic rings. The minimum atomic E-state index is 0.460. The van der Waals surface area contributed by atoms with Crippen molar-refractivity contribution in [2.75, 3.05) is 0 Å². The zero-order valence-corrected chi connectivity index (χ0v) is 17.5. The van der Waals surface area contributed by atoms with Gasteiger partial charge < -0.3 is 19.7 Å². The first kappa shape index (κ1) is 20.4. The Kier molecular flexibility index (Phi) is 7.06. The van der Waals surface area contributed by atoms with Crippen molar-refractivity contribution in [1.29, 1.82) is 0 Å². The topological polar surface area (TPSA) is 93.2 Å². The summed E-state index contributed by atoms with van der Waals surface area (Å²) in [7, 11) is 1.96. The third kappa shape index (κ3) is 5.11. The van der Waals surface area contributed by atoms with Gasteiger partial charge in [-0.1, -0.05) is 31.8 Å². The van der Waals surface area contributed by atoms with Crippen molar-refractivity contribution >= 4 is 5.96 Å². The van der Waals surface area contributed by atoms with E-state index in [1.54, 1.807) is 0 Å². The first-order valence-electron chi connectivity index (χ1n) is 10.5. The fraction of sp³-hybridized carbons (Fsp3) is 0.700. The first-order chi connectivity index (χ1) is 13.6. The van der Waals surface area contributed by atoms with Crippen LogP contribution in [0.5, 0.6) is 0 Å². The molecule has 28 heavy (non-hydrogen) atoms. The van der Waals surface area contributed by atoms with E-state index in [1.807, 2.05) is 18.5 Å². The largest absolute Gasteiger partial charge is 0.359 e.